The smallest absolute Gasteiger partial charge is 0.255 e. The fourth-order valence-corrected chi connectivity index (χ4v) is 3.22. The van der Waals surface area contributed by atoms with Crippen LogP contribution in [0.4, 0.5) is 5.69 Å². The molecule has 0 aliphatic heterocycles. The summed E-state index contributed by atoms with van der Waals surface area (Å²) in [6.07, 6.45) is 0. The highest BCUT2D eigenvalue weighted by molar-refractivity contribution is 9.10. The van der Waals surface area contributed by atoms with Crippen LogP contribution in [0.5, 0.6) is 5.75 Å². The molecular formula is C22H19BrN4O2. The van der Waals surface area contributed by atoms with E-state index >= 15 is 0 Å². The summed E-state index contributed by atoms with van der Waals surface area (Å²) in [5.41, 5.74) is 4.52. The molecule has 0 saturated heterocycles. The average molecular weight is 451 g/mol. The zero-order valence-electron chi connectivity index (χ0n) is 16.0. The maximum Gasteiger partial charge on any atom is 0.255 e. The lowest BCUT2D eigenvalue weighted by molar-refractivity contribution is 0.102. The summed E-state index contributed by atoms with van der Waals surface area (Å²) < 4.78 is 6.40. The third-order valence-electron chi connectivity index (χ3n) is 4.46. The normalized spacial score (nSPS) is 10.9. The maximum absolute atomic E-state index is 12.5. The fourth-order valence-electron chi connectivity index (χ4n) is 2.96. The van der Waals surface area contributed by atoms with Gasteiger partial charge in [-0.1, -0.05) is 15.9 Å². The molecule has 146 valence electrons. The van der Waals surface area contributed by atoms with Crippen molar-refractivity contribution >= 4 is 38.6 Å². The van der Waals surface area contributed by atoms with Gasteiger partial charge in [-0.15, -0.1) is 10.2 Å². The number of ether oxygens (including phenoxy) is 1. The summed E-state index contributed by atoms with van der Waals surface area (Å²) >= 11 is 3.38. The third kappa shape index (κ3) is 4.14. The number of hydrogen-bond acceptors (Lipinski definition) is 4. The minimum absolute atomic E-state index is 0.168. The first-order chi connectivity index (χ1) is 14.0. The van der Waals surface area contributed by atoms with Gasteiger partial charge in [0, 0.05) is 15.7 Å². The fraction of sp³-hybridized carbons (Fsp3) is 0.136. The first-order valence-electron chi connectivity index (χ1n) is 9.21. The number of benzene rings is 3. The molecule has 1 N–H and O–H groups in total. The monoisotopic (exact) mass is 450 g/mol. The van der Waals surface area contributed by atoms with Crippen molar-refractivity contribution in [3.8, 4) is 11.4 Å². The molecule has 0 radical (unpaired) electrons. The van der Waals surface area contributed by atoms with E-state index in [0.29, 0.717) is 23.4 Å². The Morgan fingerprint density at radius 2 is 1.69 bits per heavy atom. The predicted octanol–water partition coefficient (Wildman–Crippen LogP) is 5.14. The van der Waals surface area contributed by atoms with Gasteiger partial charge in [0.2, 0.25) is 0 Å². The van der Waals surface area contributed by atoms with E-state index in [0.717, 1.165) is 27.0 Å². The molecule has 1 aromatic heterocycles. The molecule has 0 spiro atoms. The second-order valence-electron chi connectivity index (χ2n) is 6.53. The quantitative estimate of drug-likeness (QED) is 0.456. The number of halogens is 1. The number of anilines is 1. The lowest BCUT2D eigenvalue weighted by Crippen LogP contribution is -2.12. The van der Waals surface area contributed by atoms with Gasteiger partial charge in [0.05, 0.1) is 12.3 Å². The molecule has 0 aliphatic carbocycles. The Hall–Kier alpha value is -3.19. The van der Waals surface area contributed by atoms with Gasteiger partial charge in [-0.3, -0.25) is 4.79 Å². The molecule has 3 aromatic carbocycles. The van der Waals surface area contributed by atoms with Crippen molar-refractivity contribution < 1.29 is 9.53 Å². The molecule has 1 amide bonds. The Bertz CT molecular complexity index is 1170. The van der Waals surface area contributed by atoms with E-state index in [1.165, 1.54) is 0 Å². The summed E-state index contributed by atoms with van der Waals surface area (Å²) in [6.45, 7) is 4.51. The Balaban J connectivity index is 1.61. The minimum Gasteiger partial charge on any atom is -0.494 e. The maximum atomic E-state index is 12.5. The van der Waals surface area contributed by atoms with Crippen molar-refractivity contribution in [2.24, 2.45) is 0 Å². The van der Waals surface area contributed by atoms with E-state index in [9.17, 15) is 4.79 Å². The zero-order chi connectivity index (χ0) is 20.4. The largest absolute Gasteiger partial charge is 0.494 e. The van der Waals surface area contributed by atoms with Gasteiger partial charge in [-0.25, -0.2) is 0 Å². The van der Waals surface area contributed by atoms with Crippen molar-refractivity contribution in [3.05, 3.63) is 76.3 Å². The molecule has 0 bridgehead atoms. The molecule has 4 rings (SSSR count). The van der Waals surface area contributed by atoms with E-state index in [2.05, 4.69) is 31.4 Å². The van der Waals surface area contributed by atoms with Crippen molar-refractivity contribution in [1.29, 1.82) is 0 Å². The Labute approximate surface area is 176 Å². The van der Waals surface area contributed by atoms with Crippen LogP contribution in [-0.2, 0) is 0 Å². The second-order valence-corrected chi connectivity index (χ2v) is 7.45. The summed E-state index contributed by atoms with van der Waals surface area (Å²) in [6, 6.07) is 18.6. The highest BCUT2D eigenvalue weighted by Crippen LogP contribution is 2.23. The lowest BCUT2D eigenvalue weighted by atomic mass is 10.1. The van der Waals surface area contributed by atoms with Crippen LogP contribution in [0.1, 0.15) is 22.8 Å². The molecule has 0 atom stereocenters. The molecule has 0 fully saturated rings. The molecule has 6 nitrogen and oxygen atoms in total. The van der Waals surface area contributed by atoms with Gasteiger partial charge < -0.3 is 10.1 Å². The number of fused-ring (bicyclic) bond motifs is 1. The van der Waals surface area contributed by atoms with Crippen molar-refractivity contribution in [1.82, 2.24) is 15.0 Å². The lowest BCUT2D eigenvalue weighted by Gasteiger charge is -2.08. The van der Waals surface area contributed by atoms with Crippen LogP contribution in [0.15, 0.2) is 65.1 Å². The van der Waals surface area contributed by atoms with Crippen LogP contribution in [-0.4, -0.2) is 27.5 Å². The molecule has 4 aromatic rings. The molecule has 29 heavy (non-hydrogen) atoms. The Morgan fingerprint density at radius 3 is 2.34 bits per heavy atom. The molecule has 7 heteroatoms. The predicted molar refractivity (Wildman–Crippen MR) is 117 cm³/mol. The molecular weight excluding hydrogens is 432 g/mol. The summed E-state index contributed by atoms with van der Waals surface area (Å²) in [5, 5.41) is 12.1. The second kappa shape index (κ2) is 8.05. The number of carbonyl (C=O) groups is 1. The number of rotatable bonds is 5. The van der Waals surface area contributed by atoms with Crippen LogP contribution in [0.3, 0.4) is 0 Å². The van der Waals surface area contributed by atoms with E-state index in [-0.39, 0.29) is 5.91 Å². The Kier molecular flexibility index (Phi) is 5.31. The van der Waals surface area contributed by atoms with Gasteiger partial charge >= 0.3 is 0 Å². The highest BCUT2D eigenvalue weighted by atomic mass is 79.9. The topological polar surface area (TPSA) is 69.0 Å². The first-order valence-corrected chi connectivity index (χ1v) is 10.0. The van der Waals surface area contributed by atoms with Crippen molar-refractivity contribution in [2.45, 2.75) is 13.8 Å². The average Bonchev–Trinajstić information content (AvgIpc) is 3.12. The van der Waals surface area contributed by atoms with E-state index in [1.807, 2.05) is 62.4 Å². The summed E-state index contributed by atoms with van der Waals surface area (Å²) in [7, 11) is 0. The van der Waals surface area contributed by atoms with Gasteiger partial charge in [0.1, 0.15) is 16.8 Å². The zero-order valence-corrected chi connectivity index (χ0v) is 17.6. The number of amides is 1. The van der Waals surface area contributed by atoms with Crippen LogP contribution in [0.25, 0.3) is 16.7 Å². The number of hydrogen-bond donors (Lipinski definition) is 1. The highest BCUT2D eigenvalue weighted by Gasteiger charge is 2.12. The first kappa shape index (κ1) is 19.1. The number of nitrogens with zero attached hydrogens (tertiary/aromatic N) is 3. The van der Waals surface area contributed by atoms with Crippen LogP contribution >= 0.6 is 15.9 Å². The van der Waals surface area contributed by atoms with E-state index in [1.54, 1.807) is 16.9 Å². The number of aromatic nitrogens is 3. The van der Waals surface area contributed by atoms with Crippen LogP contribution < -0.4 is 10.1 Å². The van der Waals surface area contributed by atoms with Crippen molar-refractivity contribution in [2.75, 3.05) is 11.9 Å². The van der Waals surface area contributed by atoms with Gasteiger partial charge in [0.25, 0.3) is 5.91 Å². The standard InChI is InChI=1S/C22H19BrN4O2/c1-3-29-18-10-8-17(9-11-18)27-25-20-12-14(2)19(13-21(20)26-27)24-22(28)15-4-6-16(23)7-5-15/h4-13H,3H2,1-2H3,(H,24,28). The van der Waals surface area contributed by atoms with Crippen LogP contribution in [0, 0.1) is 6.92 Å². The minimum atomic E-state index is -0.168. The molecule has 1 heterocycles. The summed E-state index contributed by atoms with van der Waals surface area (Å²) in [5.74, 6) is 0.639. The van der Waals surface area contributed by atoms with Gasteiger partial charge in [-0.2, -0.15) is 4.80 Å². The molecule has 0 aliphatic rings. The van der Waals surface area contributed by atoms with Gasteiger partial charge in [0.15, 0.2) is 0 Å². The number of nitrogens with one attached hydrogen (secondary N) is 1. The molecule has 0 saturated carbocycles. The molecule has 0 unspecified atom stereocenters. The number of carbonyl (C=O) groups excluding carboxylic acids is 1. The van der Waals surface area contributed by atoms with Crippen LogP contribution in [0.2, 0.25) is 0 Å². The SMILES string of the molecule is CCOc1ccc(-n2nc3cc(C)c(NC(=O)c4ccc(Br)cc4)cc3n2)cc1. The third-order valence-corrected chi connectivity index (χ3v) is 4.99. The van der Waals surface area contributed by atoms with Gasteiger partial charge in [-0.05, 0) is 80.1 Å². The Morgan fingerprint density at radius 1 is 1.03 bits per heavy atom. The van der Waals surface area contributed by atoms with E-state index < -0.39 is 0 Å². The van der Waals surface area contributed by atoms with E-state index in [4.69, 9.17) is 4.74 Å². The van der Waals surface area contributed by atoms with Crippen molar-refractivity contribution in [3.63, 3.8) is 0 Å². The number of aryl methyl sites for hydroxylation is 1. The summed E-state index contributed by atoms with van der Waals surface area (Å²) in [4.78, 5) is 14.1.